The number of hydrogen-bond donors (Lipinski definition) is 0. The monoisotopic (exact) mass is 502 g/mol. The predicted molar refractivity (Wildman–Crippen MR) is 139 cm³/mol. The first-order chi connectivity index (χ1) is 17.2. The van der Waals surface area contributed by atoms with E-state index in [9.17, 15) is 13.2 Å². The minimum Gasteiger partial charge on any atom is -0.310 e. The van der Waals surface area contributed by atoms with Gasteiger partial charge < -0.3 is 4.57 Å². The number of nitrogens with zero attached hydrogens (tertiary/aromatic N) is 6. The maximum absolute atomic E-state index is 13.4. The minimum absolute atomic E-state index is 0.158. The molecule has 2 aromatic carbocycles. The summed E-state index contributed by atoms with van der Waals surface area (Å²) in [7, 11) is -3.26. The number of urea groups is 1. The molecular formula is C26H26N6O3S. The molecule has 1 aliphatic heterocycles. The number of amides is 2. The zero-order chi connectivity index (χ0) is 25.4. The molecule has 4 aromatic rings. The average molecular weight is 503 g/mol. The molecule has 1 saturated heterocycles. The first-order valence-electron chi connectivity index (χ1n) is 11.6. The van der Waals surface area contributed by atoms with E-state index in [-0.39, 0.29) is 17.0 Å². The van der Waals surface area contributed by atoms with Gasteiger partial charge in [-0.1, -0.05) is 30.3 Å². The fourth-order valence-electron chi connectivity index (χ4n) is 4.24. The summed E-state index contributed by atoms with van der Waals surface area (Å²) >= 11 is 0. The molecule has 36 heavy (non-hydrogen) atoms. The van der Waals surface area contributed by atoms with Gasteiger partial charge in [0.1, 0.15) is 17.8 Å². The third-order valence-corrected chi connectivity index (χ3v) is 7.28. The van der Waals surface area contributed by atoms with Crippen LogP contribution >= 0.6 is 0 Å². The maximum Gasteiger partial charge on any atom is 0.330 e. The Bertz CT molecular complexity index is 1530. The van der Waals surface area contributed by atoms with Crippen molar-refractivity contribution in [2.24, 2.45) is 0 Å². The van der Waals surface area contributed by atoms with Crippen LogP contribution in [0.15, 0.2) is 78.0 Å². The molecule has 0 aliphatic carbocycles. The molecule has 0 atom stereocenters. The highest BCUT2D eigenvalue weighted by molar-refractivity contribution is 7.90. The van der Waals surface area contributed by atoms with Gasteiger partial charge in [-0.3, -0.25) is 9.80 Å². The van der Waals surface area contributed by atoms with Crippen LogP contribution in [0.5, 0.6) is 0 Å². The molecule has 0 N–H and O–H groups in total. The van der Waals surface area contributed by atoms with Crippen LogP contribution in [0.25, 0.3) is 22.6 Å². The summed E-state index contributed by atoms with van der Waals surface area (Å²) in [5.74, 6) is 1.22. The van der Waals surface area contributed by atoms with Crippen molar-refractivity contribution in [2.75, 3.05) is 29.1 Å². The number of carbonyl (C=O) groups excluding carboxylic acids is 1. The molecule has 0 unspecified atom stereocenters. The summed E-state index contributed by atoms with van der Waals surface area (Å²) in [6.07, 6.45) is 2.87. The molecule has 3 heterocycles. The van der Waals surface area contributed by atoms with Gasteiger partial charge in [0.25, 0.3) is 0 Å². The molecular weight excluding hydrogens is 476 g/mol. The van der Waals surface area contributed by atoms with Gasteiger partial charge in [-0.05, 0) is 61.4 Å². The number of benzene rings is 2. The lowest BCUT2D eigenvalue weighted by Gasteiger charge is -2.19. The zero-order valence-corrected chi connectivity index (χ0v) is 21.1. The Morgan fingerprint density at radius 1 is 0.889 bits per heavy atom. The molecule has 2 aromatic heterocycles. The van der Waals surface area contributed by atoms with Gasteiger partial charge in [0, 0.05) is 31.1 Å². The summed E-state index contributed by atoms with van der Waals surface area (Å²) in [5, 5.41) is 8.24. The van der Waals surface area contributed by atoms with E-state index in [4.69, 9.17) is 4.98 Å². The van der Waals surface area contributed by atoms with Gasteiger partial charge in [-0.15, -0.1) is 10.2 Å². The molecule has 0 spiro atoms. The molecule has 9 nitrogen and oxygen atoms in total. The standard InChI is InChI=1S/C26H26N6O3S/c1-18(2)32-17-27-29-25(32)23-8-5-9-24(28-23)31-15-14-30(26(31)33)21-7-4-6-20(16-21)19-10-12-22(13-11-19)36(3,34)35/h4-13,16-18H,14-15H2,1-3H3. The Morgan fingerprint density at radius 2 is 1.61 bits per heavy atom. The highest BCUT2D eigenvalue weighted by Crippen LogP contribution is 2.30. The van der Waals surface area contributed by atoms with Crippen molar-refractivity contribution in [3.8, 4) is 22.6 Å². The number of carbonyl (C=O) groups is 1. The normalized spacial score (nSPS) is 14.2. The zero-order valence-electron chi connectivity index (χ0n) is 20.2. The fraction of sp³-hybridized carbons (Fsp3) is 0.231. The van der Waals surface area contributed by atoms with Gasteiger partial charge >= 0.3 is 6.03 Å². The van der Waals surface area contributed by atoms with Gasteiger partial charge in [-0.25, -0.2) is 18.2 Å². The number of aromatic nitrogens is 4. The topological polar surface area (TPSA) is 101 Å². The quantitative estimate of drug-likeness (QED) is 0.386. The summed E-state index contributed by atoms with van der Waals surface area (Å²) in [6, 6.07) is 20.0. The lowest BCUT2D eigenvalue weighted by molar-refractivity contribution is 0.255. The van der Waals surface area contributed by atoms with Crippen molar-refractivity contribution in [3.05, 3.63) is 73.1 Å². The van der Waals surface area contributed by atoms with E-state index in [0.29, 0.717) is 30.4 Å². The second-order valence-electron chi connectivity index (χ2n) is 8.97. The molecule has 2 amide bonds. The Hall–Kier alpha value is -4.05. The average Bonchev–Trinajstić information content (AvgIpc) is 3.51. The number of anilines is 2. The van der Waals surface area contributed by atoms with Crippen LogP contribution in [0.3, 0.4) is 0 Å². The molecule has 5 rings (SSSR count). The van der Waals surface area contributed by atoms with Crippen molar-refractivity contribution in [1.82, 2.24) is 19.7 Å². The third kappa shape index (κ3) is 4.47. The van der Waals surface area contributed by atoms with Crippen LogP contribution in [0, 0.1) is 0 Å². The molecule has 184 valence electrons. The predicted octanol–water partition coefficient (Wildman–Crippen LogP) is 4.44. The van der Waals surface area contributed by atoms with E-state index in [1.807, 2.05) is 60.9 Å². The van der Waals surface area contributed by atoms with Crippen molar-refractivity contribution in [3.63, 3.8) is 0 Å². The van der Waals surface area contributed by atoms with Crippen LogP contribution < -0.4 is 9.80 Å². The molecule has 1 fully saturated rings. The first kappa shape index (κ1) is 23.7. The lowest BCUT2D eigenvalue weighted by Crippen LogP contribution is -2.32. The second-order valence-corrected chi connectivity index (χ2v) is 11.0. The summed E-state index contributed by atoms with van der Waals surface area (Å²) in [4.78, 5) is 21.8. The number of hydrogen-bond acceptors (Lipinski definition) is 6. The van der Waals surface area contributed by atoms with Crippen molar-refractivity contribution in [2.45, 2.75) is 24.8 Å². The van der Waals surface area contributed by atoms with E-state index in [2.05, 4.69) is 10.2 Å². The minimum atomic E-state index is -3.26. The molecule has 10 heteroatoms. The Morgan fingerprint density at radius 3 is 2.33 bits per heavy atom. The van der Waals surface area contributed by atoms with Crippen molar-refractivity contribution in [1.29, 1.82) is 0 Å². The van der Waals surface area contributed by atoms with E-state index < -0.39 is 9.84 Å². The van der Waals surface area contributed by atoms with Gasteiger partial charge in [-0.2, -0.15) is 0 Å². The van der Waals surface area contributed by atoms with E-state index in [0.717, 1.165) is 16.8 Å². The summed E-state index contributed by atoms with van der Waals surface area (Å²) in [5.41, 5.74) is 3.19. The molecule has 0 radical (unpaired) electrons. The largest absolute Gasteiger partial charge is 0.330 e. The Kier molecular flexibility index (Phi) is 6.05. The summed E-state index contributed by atoms with van der Waals surface area (Å²) < 4.78 is 25.5. The highest BCUT2D eigenvalue weighted by Gasteiger charge is 2.32. The van der Waals surface area contributed by atoms with Gasteiger partial charge in [0.05, 0.1) is 4.90 Å². The fourth-order valence-corrected chi connectivity index (χ4v) is 4.87. The Labute approximate surface area is 210 Å². The first-order valence-corrected chi connectivity index (χ1v) is 13.5. The van der Waals surface area contributed by atoms with Gasteiger partial charge in [0.15, 0.2) is 15.7 Å². The van der Waals surface area contributed by atoms with Crippen molar-refractivity contribution < 1.29 is 13.2 Å². The van der Waals surface area contributed by atoms with E-state index in [1.54, 1.807) is 40.4 Å². The van der Waals surface area contributed by atoms with Crippen LogP contribution in [-0.4, -0.2) is 53.5 Å². The number of pyridine rings is 1. The van der Waals surface area contributed by atoms with Crippen LogP contribution in [0.4, 0.5) is 16.3 Å². The third-order valence-electron chi connectivity index (χ3n) is 6.15. The highest BCUT2D eigenvalue weighted by atomic mass is 32.2. The maximum atomic E-state index is 13.4. The van der Waals surface area contributed by atoms with Crippen molar-refractivity contribution >= 4 is 27.4 Å². The number of sulfone groups is 1. The second kappa shape index (κ2) is 9.19. The molecule has 1 aliphatic rings. The smallest absolute Gasteiger partial charge is 0.310 e. The van der Waals surface area contributed by atoms with Crippen LogP contribution in [0.1, 0.15) is 19.9 Å². The van der Waals surface area contributed by atoms with Gasteiger partial charge in [0.2, 0.25) is 0 Å². The molecule has 0 saturated carbocycles. The van der Waals surface area contributed by atoms with Crippen LogP contribution in [-0.2, 0) is 9.84 Å². The SMILES string of the molecule is CC(C)n1cnnc1-c1cccc(N2CCN(c3cccc(-c4ccc(S(C)(=O)=O)cc4)c3)C2=O)n1. The molecule has 0 bridgehead atoms. The lowest BCUT2D eigenvalue weighted by atomic mass is 10.1. The Balaban J connectivity index is 1.39. The summed E-state index contributed by atoms with van der Waals surface area (Å²) in [6.45, 7) is 5.11. The van der Waals surface area contributed by atoms with Crippen LogP contribution in [0.2, 0.25) is 0 Å². The van der Waals surface area contributed by atoms with E-state index >= 15 is 0 Å². The number of rotatable bonds is 6. The van der Waals surface area contributed by atoms with E-state index in [1.165, 1.54) is 6.26 Å².